The molecule has 0 aliphatic rings. The quantitative estimate of drug-likeness (QED) is 0.236. The fourth-order valence-corrected chi connectivity index (χ4v) is 5.73. The number of rotatable bonds is 6. The van der Waals surface area contributed by atoms with Crippen LogP contribution in [-0.4, -0.2) is 4.57 Å². The number of benzene rings is 3. The van der Waals surface area contributed by atoms with Gasteiger partial charge in [0.25, 0.3) is 0 Å². The summed E-state index contributed by atoms with van der Waals surface area (Å²) in [7, 11) is 0. The highest BCUT2D eigenvalue weighted by atomic mass is 32.1. The molecule has 0 amide bonds. The van der Waals surface area contributed by atoms with E-state index in [2.05, 4.69) is 97.5 Å². The van der Waals surface area contributed by atoms with Crippen molar-refractivity contribution in [1.82, 2.24) is 4.57 Å². The van der Waals surface area contributed by atoms with Crippen LogP contribution in [0.2, 0.25) is 0 Å². The first-order valence-electron chi connectivity index (χ1n) is 10.9. The van der Waals surface area contributed by atoms with Gasteiger partial charge in [-0.1, -0.05) is 99.0 Å². The van der Waals surface area contributed by atoms with Crippen molar-refractivity contribution in [2.24, 2.45) is 0 Å². The van der Waals surface area contributed by atoms with E-state index in [4.69, 9.17) is 0 Å². The highest BCUT2D eigenvalue weighted by Gasteiger charge is 2.19. The highest BCUT2D eigenvalue weighted by Crippen LogP contribution is 2.43. The van der Waals surface area contributed by atoms with Crippen LogP contribution in [0.15, 0.2) is 116 Å². The zero-order valence-electron chi connectivity index (χ0n) is 18.2. The minimum atomic E-state index is 0.892. The second-order valence-corrected chi connectivity index (χ2v) is 8.81. The number of thiophene rings is 1. The molecule has 5 rings (SSSR count). The monoisotopic (exact) mass is 431 g/mol. The van der Waals surface area contributed by atoms with Crippen molar-refractivity contribution < 1.29 is 0 Å². The smallest absolute Gasteiger partial charge is 0.0631 e. The van der Waals surface area contributed by atoms with E-state index in [1.165, 1.54) is 47.7 Å². The van der Waals surface area contributed by atoms with Gasteiger partial charge in [0.2, 0.25) is 0 Å². The second kappa shape index (κ2) is 8.49. The van der Waals surface area contributed by atoms with Crippen LogP contribution in [0.5, 0.6) is 0 Å². The van der Waals surface area contributed by atoms with Crippen LogP contribution in [0.25, 0.3) is 47.7 Å². The van der Waals surface area contributed by atoms with Gasteiger partial charge in [0.05, 0.1) is 11.0 Å². The summed E-state index contributed by atoms with van der Waals surface area (Å²) < 4.78 is 5.11. The minimum Gasteiger partial charge on any atom is -0.312 e. The predicted octanol–water partition coefficient (Wildman–Crippen LogP) is 9.27. The summed E-state index contributed by atoms with van der Waals surface area (Å²) in [6, 6.07) is 22.0. The molecule has 0 bridgehead atoms. The normalized spacial score (nSPS) is 13.2. The Morgan fingerprint density at radius 2 is 1.62 bits per heavy atom. The number of aromatic nitrogens is 1. The average Bonchev–Trinajstić information content (AvgIpc) is 3.37. The Balaban J connectivity index is 1.97. The lowest BCUT2D eigenvalue weighted by Crippen LogP contribution is -1.99. The first-order chi connectivity index (χ1) is 15.8. The summed E-state index contributed by atoms with van der Waals surface area (Å²) in [5.74, 6) is 0. The molecule has 0 unspecified atom stereocenters. The Morgan fingerprint density at radius 3 is 2.41 bits per heavy atom. The number of para-hydroxylation sites is 1. The summed E-state index contributed by atoms with van der Waals surface area (Å²) in [6.07, 6.45) is 12.8. The van der Waals surface area contributed by atoms with E-state index in [9.17, 15) is 0 Å². The fourth-order valence-electron chi connectivity index (χ4n) is 4.62. The molecular weight excluding hydrogens is 406 g/mol. The summed E-state index contributed by atoms with van der Waals surface area (Å²) in [5.41, 5.74) is 4.89. The second-order valence-electron chi connectivity index (χ2n) is 7.73. The molecular formula is C30H25NS. The summed E-state index contributed by atoms with van der Waals surface area (Å²) in [4.78, 5) is 0. The first-order valence-corrected chi connectivity index (χ1v) is 11.7. The number of hydrogen-bond acceptors (Lipinski definition) is 1. The van der Waals surface area contributed by atoms with Crippen molar-refractivity contribution in [2.75, 3.05) is 0 Å². The molecule has 2 heteroatoms. The molecule has 2 heterocycles. The van der Waals surface area contributed by atoms with Crippen molar-refractivity contribution in [3.05, 3.63) is 116 Å². The number of fused-ring (bicyclic) bond motifs is 7. The van der Waals surface area contributed by atoms with Gasteiger partial charge in [0.1, 0.15) is 0 Å². The molecule has 0 fully saturated rings. The van der Waals surface area contributed by atoms with Crippen molar-refractivity contribution in [1.29, 1.82) is 0 Å². The Kier molecular flexibility index (Phi) is 5.38. The van der Waals surface area contributed by atoms with Gasteiger partial charge >= 0.3 is 0 Å². The highest BCUT2D eigenvalue weighted by molar-refractivity contribution is 7.26. The van der Waals surface area contributed by atoms with E-state index in [0.29, 0.717) is 0 Å². The molecule has 32 heavy (non-hydrogen) atoms. The maximum Gasteiger partial charge on any atom is 0.0631 e. The van der Waals surface area contributed by atoms with E-state index in [0.717, 1.165) is 12.0 Å². The summed E-state index contributed by atoms with van der Waals surface area (Å²) in [5, 5.41) is 5.23. The van der Waals surface area contributed by atoms with Crippen LogP contribution in [0.3, 0.4) is 0 Å². The van der Waals surface area contributed by atoms with Crippen molar-refractivity contribution >= 4 is 59.0 Å². The molecule has 2 aromatic heterocycles. The minimum absolute atomic E-state index is 0.892. The topological polar surface area (TPSA) is 4.93 Å². The van der Waals surface area contributed by atoms with Gasteiger partial charge in [0, 0.05) is 36.6 Å². The maximum atomic E-state index is 4.14. The third-order valence-electron chi connectivity index (χ3n) is 5.97. The lowest BCUT2D eigenvalue weighted by molar-refractivity contribution is 1.07. The Labute approximate surface area is 192 Å². The lowest BCUT2D eigenvalue weighted by Gasteiger charge is -2.14. The van der Waals surface area contributed by atoms with E-state index >= 15 is 0 Å². The number of nitrogens with zero attached hydrogens (tertiary/aromatic N) is 1. The molecule has 0 saturated carbocycles. The van der Waals surface area contributed by atoms with Crippen molar-refractivity contribution in [3.8, 4) is 0 Å². The summed E-state index contributed by atoms with van der Waals surface area (Å²) in [6.45, 7) is 10.1. The molecule has 0 N–H and O–H groups in total. The summed E-state index contributed by atoms with van der Waals surface area (Å²) >= 11 is 1.87. The van der Waals surface area contributed by atoms with Gasteiger partial charge in [-0.2, -0.15) is 0 Å². The van der Waals surface area contributed by atoms with E-state index in [-0.39, 0.29) is 0 Å². The first kappa shape index (κ1) is 20.3. The molecule has 3 aromatic carbocycles. The third kappa shape index (κ3) is 3.16. The Hall–Kier alpha value is -3.62. The van der Waals surface area contributed by atoms with Crippen LogP contribution < -0.4 is 0 Å². The molecule has 0 aliphatic carbocycles. The molecule has 0 saturated heterocycles. The molecule has 0 radical (unpaired) electrons. The standard InChI is InChI=1S/C30H25NS/c1-4-7-8-9-14-21(5-2)25(6-3)31-26-17-12-10-15-22(26)23-19-20-28-29(30(23)31)24-16-11-13-18-27(24)32-28/h4-5,7-20H,1-2,6H2,3H3/b8-7-,14-9+,25-21-. The van der Waals surface area contributed by atoms with Crippen LogP contribution in [0.4, 0.5) is 0 Å². The largest absolute Gasteiger partial charge is 0.312 e. The molecule has 0 aliphatic heterocycles. The predicted molar refractivity (Wildman–Crippen MR) is 145 cm³/mol. The van der Waals surface area contributed by atoms with Crippen molar-refractivity contribution in [3.63, 3.8) is 0 Å². The van der Waals surface area contributed by atoms with Gasteiger partial charge in [-0.25, -0.2) is 0 Å². The van der Waals surface area contributed by atoms with Gasteiger partial charge in [0.15, 0.2) is 0 Å². The molecule has 0 atom stereocenters. The molecule has 5 aromatic rings. The molecule has 1 nitrogen and oxygen atoms in total. The zero-order valence-corrected chi connectivity index (χ0v) is 19.0. The lowest BCUT2D eigenvalue weighted by atomic mass is 10.1. The van der Waals surface area contributed by atoms with Crippen LogP contribution >= 0.6 is 11.3 Å². The van der Waals surface area contributed by atoms with Gasteiger partial charge < -0.3 is 4.57 Å². The van der Waals surface area contributed by atoms with E-state index in [1.807, 2.05) is 29.6 Å². The Morgan fingerprint density at radius 1 is 0.844 bits per heavy atom. The van der Waals surface area contributed by atoms with Gasteiger partial charge in [-0.3, -0.25) is 0 Å². The SMILES string of the molecule is C=C\C=C/C=C/C(C=C)=C(/CC)n1c2ccccc2c2ccc3sc4ccccc4c3c21. The number of allylic oxidation sites excluding steroid dienone is 8. The fraction of sp³-hybridized carbons (Fsp3) is 0.0667. The van der Waals surface area contributed by atoms with Crippen molar-refractivity contribution in [2.45, 2.75) is 13.3 Å². The molecule has 156 valence electrons. The van der Waals surface area contributed by atoms with Crippen LogP contribution in [0.1, 0.15) is 13.3 Å². The Bertz CT molecular complexity index is 1580. The van der Waals surface area contributed by atoms with Gasteiger partial charge in [-0.15, -0.1) is 11.3 Å². The van der Waals surface area contributed by atoms with E-state index in [1.54, 1.807) is 6.08 Å². The van der Waals surface area contributed by atoms with Crippen LogP contribution in [-0.2, 0) is 0 Å². The zero-order chi connectivity index (χ0) is 22.1. The van der Waals surface area contributed by atoms with Crippen LogP contribution in [0, 0.1) is 0 Å². The number of hydrogen-bond donors (Lipinski definition) is 0. The van der Waals surface area contributed by atoms with E-state index < -0.39 is 0 Å². The maximum absolute atomic E-state index is 4.14. The third-order valence-corrected chi connectivity index (χ3v) is 7.10. The van der Waals surface area contributed by atoms with Gasteiger partial charge in [-0.05, 0) is 30.2 Å². The average molecular weight is 432 g/mol. The molecule has 0 spiro atoms.